The lowest BCUT2D eigenvalue weighted by molar-refractivity contribution is -0.142. The SMILES string of the molecule is C=C(CC[C@@H](C)[C@H]1CC[C@@]2(C)C3CCC4[C@H](C)[C@@H](O)CC[C@@]45C[C@@]35CC[C@]12C)C(C)C. The number of hydrogen-bond donors (Lipinski definition) is 1. The Labute approximate surface area is 192 Å². The van der Waals surface area contributed by atoms with Crippen molar-refractivity contribution < 1.29 is 5.11 Å². The van der Waals surface area contributed by atoms with Crippen molar-refractivity contribution in [3.05, 3.63) is 12.2 Å². The predicted octanol–water partition coefficient (Wildman–Crippen LogP) is 8.02. The monoisotopic (exact) mass is 426 g/mol. The minimum atomic E-state index is -0.0356. The molecule has 1 N–H and O–H groups in total. The lowest BCUT2D eigenvalue weighted by atomic mass is 9.43. The van der Waals surface area contributed by atoms with Crippen LogP contribution < -0.4 is 0 Å². The standard InChI is InChI=1S/C30H50O/c1-19(2)20(3)8-9-21(4)23-12-14-28(7)26-11-10-24-22(5)25(31)13-15-29(24)18-30(26,29)17-16-27(23,28)6/h19,21-26,31H,3,8-18H2,1-2,4-7H3/t21-,22+,23-,24?,25+,26?,27-,28+,29-,30+/m1/s1. The van der Waals surface area contributed by atoms with Crippen LogP contribution in [0.5, 0.6) is 0 Å². The molecule has 0 amide bonds. The molecule has 5 rings (SSSR count). The number of hydrogen-bond acceptors (Lipinski definition) is 1. The van der Waals surface area contributed by atoms with E-state index < -0.39 is 0 Å². The summed E-state index contributed by atoms with van der Waals surface area (Å²) in [5, 5.41) is 10.6. The zero-order chi connectivity index (χ0) is 22.4. The van der Waals surface area contributed by atoms with Gasteiger partial charge in [-0.15, -0.1) is 0 Å². The number of aliphatic hydroxyl groups excluding tert-OH is 1. The van der Waals surface area contributed by atoms with Crippen LogP contribution in [0.4, 0.5) is 0 Å². The summed E-state index contributed by atoms with van der Waals surface area (Å²) in [6.07, 6.45) is 15.1. The molecular formula is C30H50O. The molecule has 1 nitrogen and oxygen atoms in total. The molecular weight excluding hydrogens is 376 g/mol. The predicted molar refractivity (Wildman–Crippen MR) is 131 cm³/mol. The van der Waals surface area contributed by atoms with Crippen molar-refractivity contribution in [2.45, 2.75) is 118 Å². The molecule has 0 saturated heterocycles. The van der Waals surface area contributed by atoms with E-state index in [1.54, 1.807) is 0 Å². The topological polar surface area (TPSA) is 20.2 Å². The fraction of sp³-hybridized carbons (Fsp3) is 0.933. The summed E-state index contributed by atoms with van der Waals surface area (Å²) in [4.78, 5) is 0. The second kappa shape index (κ2) is 7.10. The highest BCUT2D eigenvalue weighted by molar-refractivity contribution is 5.29. The van der Waals surface area contributed by atoms with Crippen LogP contribution in [0.1, 0.15) is 112 Å². The molecule has 176 valence electrons. The van der Waals surface area contributed by atoms with E-state index in [0.29, 0.717) is 33.5 Å². The van der Waals surface area contributed by atoms with Crippen molar-refractivity contribution in [2.24, 2.45) is 57.2 Å². The molecule has 0 aliphatic heterocycles. The maximum absolute atomic E-state index is 10.6. The summed E-state index contributed by atoms with van der Waals surface area (Å²) in [6, 6.07) is 0. The summed E-state index contributed by atoms with van der Waals surface area (Å²) in [6.45, 7) is 19.4. The van der Waals surface area contributed by atoms with Gasteiger partial charge < -0.3 is 5.11 Å². The maximum Gasteiger partial charge on any atom is 0.0568 e. The van der Waals surface area contributed by atoms with Gasteiger partial charge in [0.1, 0.15) is 0 Å². The maximum atomic E-state index is 10.6. The fourth-order valence-corrected chi connectivity index (χ4v) is 10.9. The van der Waals surface area contributed by atoms with Crippen LogP contribution in [0.25, 0.3) is 0 Å². The number of fused-ring (bicyclic) bond motifs is 2. The normalized spacial score (nSPS) is 53.9. The second-order valence-corrected chi connectivity index (χ2v) is 14.0. The van der Waals surface area contributed by atoms with Gasteiger partial charge in [-0.05, 0) is 128 Å². The van der Waals surface area contributed by atoms with Crippen LogP contribution in [-0.4, -0.2) is 11.2 Å². The van der Waals surface area contributed by atoms with E-state index in [0.717, 1.165) is 30.1 Å². The summed E-state index contributed by atoms with van der Waals surface area (Å²) in [5.74, 6) is 4.63. The van der Waals surface area contributed by atoms with Crippen LogP contribution in [0.15, 0.2) is 12.2 Å². The average molecular weight is 427 g/mol. The van der Waals surface area contributed by atoms with Gasteiger partial charge in [-0.25, -0.2) is 0 Å². The van der Waals surface area contributed by atoms with Gasteiger partial charge in [0.15, 0.2) is 0 Å². The highest BCUT2D eigenvalue weighted by Gasteiger charge is 2.81. The van der Waals surface area contributed by atoms with Crippen molar-refractivity contribution in [3.8, 4) is 0 Å². The molecule has 1 heteroatoms. The van der Waals surface area contributed by atoms with Gasteiger partial charge in [0, 0.05) is 0 Å². The molecule has 5 fully saturated rings. The van der Waals surface area contributed by atoms with Crippen LogP contribution in [-0.2, 0) is 0 Å². The van der Waals surface area contributed by atoms with Gasteiger partial charge in [0.05, 0.1) is 6.10 Å². The highest BCUT2D eigenvalue weighted by Crippen LogP contribution is 2.88. The minimum Gasteiger partial charge on any atom is -0.393 e. The average Bonchev–Trinajstić information content (AvgIpc) is 3.31. The van der Waals surface area contributed by atoms with E-state index in [4.69, 9.17) is 0 Å². The van der Waals surface area contributed by atoms with Gasteiger partial charge in [-0.3, -0.25) is 0 Å². The number of aliphatic hydroxyl groups is 1. The van der Waals surface area contributed by atoms with E-state index in [-0.39, 0.29) is 6.10 Å². The summed E-state index contributed by atoms with van der Waals surface area (Å²) >= 11 is 0. The van der Waals surface area contributed by atoms with Crippen LogP contribution in [0, 0.1) is 57.2 Å². The first-order valence-corrected chi connectivity index (χ1v) is 13.9. The quantitative estimate of drug-likeness (QED) is 0.441. The van der Waals surface area contributed by atoms with Gasteiger partial charge in [-0.1, -0.05) is 53.7 Å². The molecule has 2 spiro atoms. The Balaban J connectivity index is 1.37. The molecule has 0 heterocycles. The Morgan fingerprint density at radius 2 is 1.68 bits per heavy atom. The minimum absolute atomic E-state index is 0.0356. The Kier molecular flexibility index (Phi) is 5.15. The van der Waals surface area contributed by atoms with Crippen molar-refractivity contribution >= 4 is 0 Å². The van der Waals surface area contributed by atoms with E-state index >= 15 is 0 Å². The molecule has 0 aromatic heterocycles. The van der Waals surface area contributed by atoms with Crippen molar-refractivity contribution in [1.29, 1.82) is 0 Å². The molecule has 10 atom stereocenters. The Hall–Kier alpha value is -0.300. The third-order valence-electron chi connectivity index (χ3n) is 13.1. The van der Waals surface area contributed by atoms with Crippen LogP contribution in [0.3, 0.4) is 0 Å². The summed E-state index contributed by atoms with van der Waals surface area (Å²) < 4.78 is 0. The van der Waals surface area contributed by atoms with Crippen molar-refractivity contribution in [3.63, 3.8) is 0 Å². The first-order valence-electron chi connectivity index (χ1n) is 13.9. The zero-order valence-electron chi connectivity index (χ0n) is 21.5. The van der Waals surface area contributed by atoms with Crippen LogP contribution in [0.2, 0.25) is 0 Å². The third-order valence-corrected chi connectivity index (χ3v) is 13.1. The zero-order valence-corrected chi connectivity index (χ0v) is 21.5. The first-order chi connectivity index (χ1) is 14.5. The van der Waals surface area contributed by atoms with Gasteiger partial charge in [0.25, 0.3) is 0 Å². The fourth-order valence-electron chi connectivity index (χ4n) is 10.9. The Morgan fingerprint density at radius 3 is 2.39 bits per heavy atom. The van der Waals surface area contributed by atoms with E-state index in [1.807, 2.05) is 0 Å². The van der Waals surface area contributed by atoms with Crippen LogP contribution >= 0.6 is 0 Å². The molecule has 5 saturated carbocycles. The molecule has 0 aromatic rings. The largest absolute Gasteiger partial charge is 0.393 e. The molecule has 0 radical (unpaired) electrons. The molecule has 5 aliphatic rings. The number of allylic oxidation sites excluding steroid dienone is 1. The molecule has 31 heavy (non-hydrogen) atoms. The molecule has 0 aromatic carbocycles. The second-order valence-electron chi connectivity index (χ2n) is 14.0. The Bertz CT molecular complexity index is 739. The number of rotatable bonds is 5. The Morgan fingerprint density at radius 1 is 0.935 bits per heavy atom. The molecule has 2 unspecified atom stereocenters. The molecule has 5 aliphatic carbocycles. The highest BCUT2D eigenvalue weighted by atomic mass is 16.3. The van der Waals surface area contributed by atoms with E-state index in [2.05, 4.69) is 48.1 Å². The lowest BCUT2D eigenvalue weighted by Crippen LogP contribution is -2.55. The van der Waals surface area contributed by atoms with Crippen molar-refractivity contribution in [1.82, 2.24) is 0 Å². The molecule has 0 bridgehead atoms. The van der Waals surface area contributed by atoms with Gasteiger partial charge in [-0.2, -0.15) is 0 Å². The van der Waals surface area contributed by atoms with Gasteiger partial charge in [0.2, 0.25) is 0 Å². The lowest BCUT2D eigenvalue weighted by Gasteiger charge is -2.62. The van der Waals surface area contributed by atoms with Crippen molar-refractivity contribution in [2.75, 3.05) is 0 Å². The van der Waals surface area contributed by atoms with E-state index in [9.17, 15) is 5.11 Å². The summed E-state index contributed by atoms with van der Waals surface area (Å²) in [7, 11) is 0. The summed E-state index contributed by atoms with van der Waals surface area (Å²) in [5.41, 5.74) is 3.76. The first kappa shape index (κ1) is 22.5. The smallest absolute Gasteiger partial charge is 0.0568 e. The van der Waals surface area contributed by atoms with Gasteiger partial charge >= 0.3 is 0 Å². The third kappa shape index (κ3) is 2.77. The van der Waals surface area contributed by atoms with E-state index in [1.165, 1.54) is 69.8 Å².